The van der Waals surface area contributed by atoms with Gasteiger partial charge in [-0.2, -0.15) is 0 Å². The van der Waals surface area contributed by atoms with Crippen molar-refractivity contribution < 1.29 is 0 Å². The number of hydrogen-bond acceptors (Lipinski definition) is 0. The van der Waals surface area contributed by atoms with Gasteiger partial charge >= 0.3 is 0 Å². The van der Waals surface area contributed by atoms with Crippen LogP contribution in [0, 0.1) is 6.07 Å². The average molecular weight is 279 g/mol. The Morgan fingerprint density at radius 1 is 0.545 bits per heavy atom. The monoisotopic (exact) mass is 279 g/mol. The van der Waals surface area contributed by atoms with Crippen LogP contribution >= 0.6 is 0 Å². The molecule has 0 nitrogen and oxygen atoms in total. The van der Waals surface area contributed by atoms with Gasteiger partial charge in [0.05, 0.1) is 0 Å². The molecule has 0 atom stereocenters. The highest BCUT2D eigenvalue weighted by Gasteiger charge is 2.09. The third kappa shape index (κ3) is 2.19. The minimum atomic E-state index is 1.23. The van der Waals surface area contributed by atoms with Gasteiger partial charge in [0.15, 0.2) is 0 Å². The summed E-state index contributed by atoms with van der Waals surface area (Å²) in [5.41, 5.74) is 4.97. The number of fused-ring (bicyclic) bond motifs is 1. The third-order valence-electron chi connectivity index (χ3n) is 4.03. The standard InChI is InChI=1S/C22H15/c1-2-9-17(10-3-1)19-14-6-7-15-21(19)22-16-8-12-18-11-4-5-13-20(18)22/h1-6,8-16H. The van der Waals surface area contributed by atoms with Crippen LogP contribution in [0.15, 0.2) is 91.0 Å². The molecule has 0 saturated carbocycles. The average Bonchev–Trinajstić information content (AvgIpc) is 2.62. The van der Waals surface area contributed by atoms with E-state index in [4.69, 9.17) is 0 Å². The zero-order valence-electron chi connectivity index (χ0n) is 12.2. The smallest absolute Gasteiger partial charge is 0.00930 e. The van der Waals surface area contributed by atoms with E-state index in [1.807, 2.05) is 6.07 Å². The number of rotatable bonds is 2. The summed E-state index contributed by atoms with van der Waals surface area (Å²) in [6.45, 7) is 0. The minimum absolute atomic E-state index is 1.23. The van der Waals surface area contributed by atoms with Crippen molar-refractivity contribution in [3.63, 3.8) is 0 Å². The van der Waals surface area contributed by atoms with E-state index >= 15 is 0 Å². The molecule has 0 saturated heterocycles. The van der Waals surface area contributed by atoms with Crippen molar-refractivity contribution in [1.29, 1.82) is 0 Å². The topological polar surface area (TPSA) is 0 Å². The maximum absolute atomic E-state index is 3.23. The summed E-state index contributed by atoms with van der Waals surface area (Å²) < 4.78 is 0. The van der Waals surface area contributed by atoms with Crippen LogP contribution in [-0.4, -0.2) is 0 Å². The van der Waals surface area contributed by atoms with E-state index in [1.165, 1.54) is 33.0 Å². The largest absolute Gasteiger partial charge is 0.0622 e. The van der Waals surface area contributed by atoms with Crippen molar-refractivity contribution in [3.05, 3.63) is 97.1 Å². The molecule has 0 N–H and O–H groups in total. The molecule has 0 aromatic heterocycles. The van der Waals surface area contributed by atoms with Gasteiger partial charge in [-0.05, 0) is 45.2 Å². The second-order valence-corrected chi connectivity index (χ2v) is 5.36. The Kier molecular flexibility index (Phi) is 3.21. The van der Waals surface area contributed by atoms with Gasteiger partial charge in [-0.15, -0.1) is 0 Å². The molecule has 0 bridgehead atoms. The van der Waals surface area contributed by atoms with Crippen molar-refractivity contribution in [1.82, 2.24) is 0 Å². The molecule has 103 valence electrons. The Bertz CT molecular complexity index is 915. The number of benzene rings is 4. The fourth-order valence-electron chi connectivity index (χ4n) is 2.98. The first kappa shape index (κ1) is 12.8. The highest BCUT2D eigenvalue weighted by atomic mass is 14.1. The SMILES string of the molecule is [c]1ccc(-c2ccccc2)c(-c2cccc3ccccc23)c1. The molecule has 0 unspecified atom stereocenters. The Morgan fingerprint density at radius 2 is 1.32 bits per heavy atom. The highest BCUT2D eigenvalue weighted by Crippen LogP contribution is 2.35. The molecule has 0 fully saturated rings. The first-order valence-electron chi connectivity index (χ1n) is 7.47. The van der Waals surface area contributed by atoms with E-state index in [-0.39, 0.29) is 0 Å². The van der Waals surface area contributed by atoms with Crippen LogP contribution in [-0.2, 0) is 0 Å². The molecule has 0 aliphatic heterocycles. The van der Waals surface area contributed by atoms with Gasteiger partial charge < -0.3 is 0 Å². The van der Waals surface area contributed by atoms with E-state index in [2.05, 4.69) is 91.0 Å². The first-order chi connectivity index (χ1) is 10.9. The van der Waals surface area contributed by atoms with E-state index < -0.39 is 0 Å². The Balaban J connectivity index is 2.01. The van der Waals surface area contributed by atoms with Crippen LogP contribution in [0.4, 0.5) is 0 Å². The maximum atomic E-state index is 3.23. The van der Waals surface area contributed by atoms with E-state index in [1.54, 1.807) is 0 Å². The van der Waals surface area contributed by atoms with Crippen molar-refractivity contribution in [2.45, 2.75) is 0 Å². The van der Waals surface area contributed by atoms with Gasteiger partial charge in [0.1, 0.15) is 0 Å². The lowest BCUT2D eigenvalue weighted by Crippen LogP contribution is -1.86. The summed E-state index contributed by atoms with van der Waals surface area (Å²) in [6.07, 6.45) is 0. The zero-order valence-corrected chi connectivity index (χ0v) is 12.2. The lowest BCUT2D eigenvalue weighted by atomic mass is 9.91. The summed E-state index contributed by atoms with van der Waals surface area (Å²) in [6, 6.07) is 35.0. The van der Waals surface area contributed by atoms with Crippen LogP contribution in [0.2, 0.25) is 0 Å². The molecule has 0 heterocycles. The van der Waals surface area contributed by atoms with Gasteiger partial charge in [-0.25, -0.2) is 0 Å². The summed E-state index contributed by atoms with van der Waals surface area (Å²) in [4.78, 5) is 0. The summed E-state index contributed by atoms with van der Waals surface area (Å²) in [5.74, 6) is 0. The summed E-state index contributed by atoms with van der Waals surface area (Å²) >= 11 is 0. The molecule has 4 aromatic carbocycles. The molecular formula is C22H15. The molecule has 0 spiro atoms. The van der Waals surface area contributed by atoms with Crippen LogP contribution in [0.3, 0.4) is 0 Å². The molecular weight excluding hydrogens is 264 g/mol. The van der Waals surface area contributed by atoms with Gasteiger partial charge in [0.2, 0.25) is 0 Å². The third-order valence-corrected chi connectivity index (χ3v) is 4.03. The molecule has 0 amide bonds. The Morgan fingerprint density at radius 3 is 2.23 bits per heavy atom. The number of hydrogen-bond donors (Lipinski definition) is 0. The quantitative estimate of drug-likeness (QED) is 0.424. The minimum Gasteiger partial charge on any atom is -0.0622 e. The van der Waals surface area contributed by atoms with E-state index in [0.717, 1.165) is 0 Å². The second kappa shape index (κ2) is 5.50. The fraction of sp³-hybridized carbons (Fsp3) is 0. The fourth-order valence-corrected chi connectivity index (χ4v) is 2.98. The van der Waals surface area contributed by atoms with Crippen LogP contribution in [0.1, 0.15) is 0 Å². The van der Waals surface area contributed by atoms with Gasteiger partial charge in [-0.3, -0.25) is 0 Å². The Hall–Kier alpha value is -2.86. The summed E-state index contributed by atoms with van der Waals surface area (Å²) in [5, 5.41) is 2.55. The summed E-state index contributed by atoms with van der Waals surface area (Å²) in [7, 11) is 0. The molecule has 1 radical (unpaired) electrons. The molecule has 4 aromatic rings. The highest BCUT2D eigenvalue weighted by molar-refractivity contribution is 6.00. The lowest BCUT2D eigenvalue weighted by molar-refractivity contribution is 1.59. The zero-order chi connectivity index (χ0) is 14.8. The van der Waals surface area contributed by atoms with Gasteiger partial charge in [0, 0.05) is 0 Å². The van der Waals surface area contributed by atoms with Crippen LogP contribution < -0.4 is 0 Å². The molecule has 22 heavy (non-hydrogen) atoms. The van der Waals surface area contributed by atoms with Crippen LogP contribution in [0.25, 0.3) is 33.0 Å². The Labute approximate surface area is 130 Å². The normalized spacial score (nSPS) is 10.7. The predicted molar refractivity (Wildman–Crippen MR) is 93.7 cm³/mol. The maximum Gasteiger partial charge on any atom is -0.00930 e. The van der Waals surface area contributed by atoms with Gasteiger partial charge in [-0.1, -0.05) is 84.9 Å². The molecule has 0 aliphatic rings. The van der Waals surface area contributed by atoms with E-state index in [9.17, 15) is 0 Å². The molecule has 0 heteroatoms. The van der Waals surface area contributed by atoms with Crippen molar-refractivity contribution in [3.8, 4) is 22.3 Å². The van der Waals surface area contributed by atoms with Crippen molar-refractivity contribution >= 4 is 10.8 Å². The first-order valence-corrected chi connectivity index (χ1v) is 7.47. The lowest BCUT2D eigenvalue weighted by Gasteiger charge is -2.12. The second-order valence-electron chi connectivity index (χ2n) is 5.36. The van der Waals surface area contributed by atoms with Gasteiger partial charge in [0.25, 0.3) is 0 Å². The molecule has 0 aliphatic carbocycles. The van der Waals surface area contributed by atoms with E-state index in [0.29, 0.717) is 0 Å². The molecule has 4 rings (SSSR count). The van der Waals surface area contributed by atoms with Crippen LogP contribution in [0.5, 0.6) is 0 Å². The predicted octanol–water partition coefficient (Wildman–Crippen LogP) is 5.97. The van der Waals surface area contributed by atoms with Crippen molar-refractivity contribution in [2.75, 3.05) is 0 Å². The van der Waals surface area contributed by atoms with Crippen molar-refractivity contribution in [2.24, 2.45) is 0 Å².